The van der Waals surface area contributed by atoms with Crippen molar-refractivity contribution in [3.8, 4) is 0 Å². The number of allylic oxidation sites excluding steroid dienone is 2. The molecule has 5 aliphatic carbocycles. The molecule has 334 valence electrons. The van der Waals surface area contributed by atoms with Gasteiger partial charge in [0.15, 0.2) is 30.6 Å². The van der Waals surface area contributed by atoms with Crippen molar-refractivity contribution in [3.05, 3.63) is 11.6 Å². The van der Waals surface area contributed by atoms with E-state index < -0.39 is 107 Å². The summed E-state index contributed by atoms with van der Waals surface area (Å²) in [6.07, 6.45) is -12.2. The largest absolute Gasteiger partial charge is 0.481 e. The van der Waals surface area contributed by atoms with Gasteiger partial charge in [-0.15, -0.1) is 0 Å². The molecule has 1 unspecified atom stereocenters. The van der Waals surface area contributed by atoms with E-state index in [9.17, 15) is 60.0 Å². The molecule has 17 heteroatoms. The predicted octanol–water partition coefficient (Wildman–Crippen LogP) is 2.41. The van der Waals surface area contributed by atoms with Crippen LogP contribution >= 0.6 is 0 Å². The summed E-state index contributed by atoms with van der Waals surface area (Å²) in [6, 6.07) is 0. The van der Waals surface area contributed by atoms with E-state index in [0.29, 0.717) is 25.7 Å². The topological polar surface area (TPSA) is 302 Å². The molecule has 2 saturated heterocycles. The van der Waals surface area contributed by atoms with Crippen LogP contribution in [-0.4, -0.2) is 132 Å². The zero-order valence-electron chi connectivity index (χ0n) is 35.1. The number of carbonyl (C=O) groups excluding carboxylic acids is 1. The molecule has 0 spiro atoms. The van der Waals surface area contributed by atoms with E-state index in [1.165, 1.54) is 0 Å². The van der Waals surface area contributed by atoms with Crippen molar-refractivity contribution in [1.29, 1.82) is 0 Å². The Morgan fingerprint density at radius 1 is 0.695 bits per heavy atom. The first-order chi connectivity index (χ1) is 26.8. The van der Waals surface area contributed by atoms with Gasteiger partial charge in [-0.1, -0.05) is 47.1 Å². The molecule has 0 aromatic heterocycles. The van der Waals surface area contributed by atoms with Gasteiger partial charge in [0.05, 0.1) is 11.5 Å². The van der Waals surface area contributed by atoms with Crippen LogP contribution in [0.5, 0.6) is 0 Å². The van der Waals surface area contributed by atoms with Crippen molar-refractivity contribution in [2.75, 3.05) is 0 Å². The third-order valence-corrected chi connectivity index (χ3v) is 17.2. The smallest absolute Gasteiger partial charge is 0.335 e. The van der Waals surface area contributed by atoms with E-state index in [2.05, 4.69) is 27.7 Å². The number of rotatable bonds is 7. The van der Waals surface area contributed by atoms with Crippen molar-refractivity contribution in [1.82, 2.24) is 6.15 Å². The Morgan fingerprint density at radius 3 is 1.86 bits per heavy atom. The molecule has 17 nitrogen and oxygen atoms in total. The molecule has 0 aromatic carbocycles. The SMILES string of the molecule is CC1(C)C(O[C@H]2O[C@H](C(=O)O)[C@@H](O)[C@H](O)[C@H]2O[C@@H]2O[C@H](C(=O)O)[C@@H](O)[C@H](O)[C@H]2O)CC[C@]2(C)[C@H]3C(=O)C=C4[C@@H]5C[C@](C)(C(=O)O)CC[C@]5(C)CC[C@@]4(C)[C@]3(C)CC[C@@H]12.N. The molecule has 2 aliphatic heterocycles. The van der Waals surface area contributed by atoms with E-state index in [0.717, 1.165) is 37.7 Å². The number of carboxylic acids is 3. The van der Waals surface area contributed by atoms with Gasteiger partial charge in [-0.05, 0) is 110 Å². The molecule has 2 heterocycles. The Morgan fingerprint density at radius 2 is 1.27 bits per heavy atom. The van der Waals surface area contributed by atoms with Crippen LogP contribution in [0.4, 0.5) is 0 Å². The van der Waals surface area contributed by atoms with Crippen LogP contribution in [0.2, 0.25) is 0 Å². The van der Waals surface area contributed by atoms with Gasteiger partial charge in [0.2, 0.25) is 0 Å². The average molecular weight is 840 g/mol. The van der Waals surface area contributed by atoms with E-state index in [1.54, 1.807) is 0 Å². The molecule has 0 amide bonds. The molecule has 7 rings (SSSR count). The minimum absolute atomic E-state index is 0. The van der Waals surface area contributed by atoms with Gasteiger partial charge in [0.1, 0.15) is 36.6 Å². The maximum Gasteiger partial charge on any atom is 0.335 e. The Bertz CT molecular complexity index is 1740. The Labute approximate surface area is 344 Å². The molecule has 59 heavy (non-hydrogen) atoms. The van der Waals surface area contributed by atoms with Gasteiger partial charge in [0, 0.05) is 5.92 Å². The lowest BCUT2D eigenvalue weighted by Gasteiger charge is -2.70. The highest BCUT2D eigenvalue weighted by molar-refractivity contribution is 5.95. The number of aliphatic hydroxyl groups excluding tert-OH is 5. The predicted molar refractivity (Wildman–Crippen MR) is 204 cm³/mol. The first kappa shape index (κ1) is 45.9. The molecule has 19 atom stereocenters. The number of hydrogen-bond acceptors (Lipinski definition) is 14. The van der Waals surface area contributed by atoms with Crippen molar-refractivity contribution in [2.45, 2.75) is 174 Å². The van der Waals surface area contributed by atoms with Crippen LogP contribution in [0.25, 0.3) is 0 Å². The number of aliphatic carboxylic acids is 3. The quantitative estimate of drug-likeness (QED) is 0.166. The van der Waals surface area contributed by atoms with Crippen molar-refractivity contribution in [3.63, 3.8) is 0 Å². The van der Waals surface area contributed by atoms with E-state index >= 15 is 0 Å². The van der Waals surface area contributed by atoms with Gasteiger partial charge in [-0.3, -0.25) is 9.59 Å². The van der Waals surface area contributed by atoms with Gasteiger partial charge < -0.3 is 66.0 Å². The second-order valence-corrected chi connectivity index (χ2v) is 20.6. The first-order valence-electron chi connectivity index (χ1n) is 20.7. The summed E-state index contributed by atoms with van der Waals surface area (Å²) in [5.74, 6) is -4.47. The zero-order valence-corrected chi connectivity index (χ0v) is 35.1. The van der Waals surface area contributed by atoms with Crippen LogP contribution in [0.1, 0.15) is 106 Å². The average Bonchev–Trinajstić information content (AvgIpc) is 3.13. The fraction of sp³-hybridized carbons (Fsp3) is 0.857. The van der Waals surface area contributed by atoms with Crippen LogP contribution in [0.15, 0.2) is 11.6 Å². The minimum Gasteiger partial charge on any atom is -0.481 e. The third kappa shape index (κ3) is 6.72. The Kier molecular flexibility index (Phi) is 11.7. The summed E-state index contributed by atoms with van der Waals surface area (Å²) >= 11 is 0. The highest BCUT2D eigenvalue weighted by Gasteiger charge is 2.71. The van der Waals surface area contributed by atoms with Crippen molar-refractivity contribution in [2.24, 2.45) is 50.2 Å². The summed E-state index contributed by atoms with van der Waals surface area (Å²) < 4.78 is 23.4. The van der Waals surface area contributed by atoms with Crippen LogP contribution in [-0.2, 0) is 38.1 Å². The summed E-state index contributed by atoms with van der Waals surface area (Å²) in [5, 5.41) is 83.0. The highest BCUT2D eigenvalue weighted by atomic mass is 16.8. The van der Waals surface area contributed by atoms with Crippen LogP contribution in [0.3, 0.4) is 0 Å². The lowest BCUT2D eigenvalue weighted by molar-refractivity contribution is -0.371. The fourth-order valence-corrected chi connectivity index (χ4v) is 13.4. The van der Waals surface area contributed by atoms with Gasteiger partial charge >= 0.3 is 17.9 Å². The Hall–Kier alpha value is -2.58. The standard InChI is InChI=1S/C42H62O16.H3N/c1-37(2)21-8-11-42(7)31(20(43)16-18-19-17-39(4,36(53)54)13-12-38(19,3)14-15-41(18,42)6)40(21,5)10-9-22(37)55-35-30(26(47)25(46)29(57-35)33(51)52)58-34-27(48)23(44)24(45)28(56-34)32(49)50;/h16,19,21-31,34-35,44-48H,8-15,17H2,1-7H3,(H,49,50)(H,51,52)(H,53,54);1H3/t19-,21-,22?,23-,24-,25-,26-,27+,28-,29-,30+,31+,34-,35-,38+,39+,40-,41+,42+;/m0./s1. The molecular formula is C42H65NO16. The summed E-state index contributed by atoms with van der Waals surface area (Å²) in [7, 11) is 0. The second kappa shape index (κ2) is 15.1. The molecular weight excluding hydrogens is 774 g/mol. The van der Waals surface area contributed by atoms with Gasteiger partial charge in [-0.25, -0.2) is 9.59 Å². The molecule has 0 radical (unpaired) electrons. The molecule has 11 N–H and O–H groups in total. The van der Waals surface area contributed by atoms with Gasteiger partial charge in [-0.2, -0.15) is 0 Å². The maximum absolute atomic E-state index is 14.8. The first-order valence-corrected chi connectivity index (χ1v) is 20.7. The zero-order chi connectivity index (χ0) is 42.9. The summed E-state index contributed by atoms with van der Waals surface area (Å²) in [5.41, 5.74) is -1.81. The van der Waals surface area contributed by atoms with Crippen molar-refractivity contribution < 1.29 is 79.0 Å². The molecule has 0 bridgehead atoms. The molecule has 6 fully saturated rings. The number of aliphatic hydroxyl groups is 5. The Balaban J connectivity index is 0.00000585. The maximum atomic E-state index is 14.8. The lowest BCUT2D eigenvalue weighted by Crippen LogP contribution is -2.68. The van der Waals surface area contributed by atoms with E-state index in [4.69, 9.17) is 18.9 Å². The van der Waals surface area contributed by atoms with E-state index in [-0.39, 0.29) is 40.5 Å². The molecule has 0 aromatic rings. The normalized spacial score (nSPS) is 51.7. The third-order valence-electron chi connectivity index (χ3n) is 17.2. The molecule has 7 aliphatic rings. The van der Waals surface area contributed by atoms with E-state index in [1.807, 2.05) is 26.8 Å². The minimum atomic E-state index is -2.05. The monoisotopic (exact) mass is 839 g/mol. The summed E-state index contributed by atoms with van der Waals surface area (Å²) in [6.45, 7) is 14.8. The number of ketones is 1. The summed E-state index contributed by atoms with van der Waals surface area (Å²) in [4.78, 5) is 51.3. The van der Waals surface area contributed by atoms with Gasteiger partial charge in [0.25, 0.3) is 0 Å². The fourth-order valence-electron chi connectivity index (χ4n) is 13.4. The highest BCUT2D eigenvalue weighted by Crippen LogP contribution is 2.75. The lowest BCUT2D eigenvalue weighted by atomic mass is 9.33. The van der Waals surface area contributed by atoms with Crippen LogP contribution in [0, 0.1) is 50.2 Å². The number of hydrogen-bond donors (Lipinski definition) is 9. The number of ether oxygens (including phenoxy) is 4. The van der Waals surface area contributed by atoms with Crippen molar-refractivity contribution >= 4 is 23.7 Å². The second-order valence-electron chi connectivity index (χ2n) is 20.6. The molecule has 4 saturated carbocycles. The van der Waals surface area contributed by atoms with Crippen LogP contribution < -0.4 is 6.15 Å². The number of carboxylic acid groups (broad SMARTS) is 3. The number of carbonyl (C=O) groups is 4. The number of fused-ring (bicyclic) bond motifs is 7.